The fourth-order valence-electron chi connectivity index (χ4n) is 2.17. The third-order valence-corrected chi connectivity index (χ3v) is 3.28. The van der Waals surface area contributed by atoms with E-state index in [0.717, 1.165) is 19.1 Å². The summed E-state index contributed by atoms with van der Waals surface area (Å²) in [6, 6.07) is 0. The fourth-order valence-corrected chi connectivity index (χ4v) is 2.17. The summed E-state index contributed by atoms with van der Waals surface area (Å²) in [6.45, 7) is 8.19. The van der Waals surface area contributed by atoms with Crippen molar-refractivity contribution < 1.29 is 14.3 Å². The lowest BCUT2D eigenvalue weighted by molar-refractivity contribution is -0.154. The predicted molar refractivity (Wildman–Crippen MR) is 86.0 cm³/mol. The number of hydrogen-bond donors (Lipinski definition) is 0. The van der Waals surface area contributed by atoms with E-state index in [2.05, 4.69) is 38.2 Å². The van der Waals surface area contributed by atoms with E-state index in [1.165, 1.54) is 5.57 Å². The molecule has 0 saturated carbocycles. The van der Waals surface area contributed by atoms with Gasteiger partial charge in [-0.2, -0.15) is 0 Å². The maximum atomic E-state index is 10.5. The van der Waals surface area contributed by atoms with Crippen molar-refractivity contribution in [3.8, 4) is 0 Å². The first-order chi connectivity index (χ1) is 10.0. The Bertz CT molecular complexity index is 393. The van der Waals surface area contributed by atoms with Crippen molar-refractivity contribution >= 4 is 6.29 Å². The number of carbonyl (C=O) groups excluding carboxylic acids is 1. The van der Waals surface area contributed by atoms with Crippen LogP contribution in [0.1, 0.15) is 47.0 Å². The van der Waals surface area contributed by atoms with Gasteiger partial charge in [0.1, 0.15) is 6.29 Å². The minimum atomic E-state index is -0.253. The highest BCUT2D eigenvalue weighted by atomic mass is 16.7. The van der Waals surface area contributed by atoms with Crippen molar-refractivity contribution in [2.24, 2.45) is 5.92 Å². The Morgan fingerprint density at radius 3 is 2.81 bits per heavy atom. The first-order valence-electron chi connectivity index (χ1n) is 7.85. The zero-order chi connectivity index (χ0) is 15.7. The molecule has 0 fully saturated rings. The largest absolute Gasteiger partial charge is 0.346 e. The van der Waals surface area contributed by atoms with Crippen LogP contribution in [0.2, 0.25) is 0 Å². The van der Waals surface area contributed by atoms with Gasteiger partial charge < -0.3 is 14.3 Å². The highest BCUT2D eigenvalue weighted by Crippen LogP contribution is 2.18. The molecule has 0 aromatic rings. The second kappa shape index (κ2) is 9.69. The Morgan fingerprint density at radius 1 is 1.43 bits per heavy atom. The number of ether oxygens (including phenoxy) is 2. The lowest BCUT2D eigenvalue weighted by Gasteiger charge is -2.25. The Labute approximate surface area is 128 Å². The van der Waals surface area contributed by atoms with Crippen LogP contribution in [-0.2, 0) is 14.3 Å². The van der Waals surface area contributed by atoms with Crippen LogP contribution < -0.4 is 0 Å². The summed E-state index contributed by atoms with van der Waals surface area (Å²) in [7, 11) is 0. The summed E-state index contributed by atoms with van der Waals surface area (Å²) in [4.78, 5) is 10.5. The highest BCUT2D eigenvalue weighted by molar-refractivity contribution is 5.50. The summed E-state index contributed by atoms with van der Waals surface area (Å²) < 4.78 is 11.5. The van der Waals surface area contributed by atoms with Gasteiger partial charge in [-0.05, 0) is 38.7 Å². The predicted octanol–water partition coefficient (Wildman–Crippen LogP) is 4.20. The molecule has 21 heavy (non-hydrogen) atoms. The lowest BCUT2D eigenvalue weighted by Crippen LogP contribution is -2.27. The molecule has 0 aromatic heterocycles. The van der Waals surface area contributed by atoms with Gasteiger partial charge in [-0.15, -0.1) is 0 Å². The van der Waals surface area contributed by atoms with Crippen LogP contribution in [0.4, 0.5) is 0 Å². The second-order valence-electron chi connectivity index (χ2n) is 5.73. The van der Waals surface area contributed by atoms with E-state index in [1.807, 2.05) is 19.9 Å². The molecule has 0 amide bonds. The normalized spacial score (nSPS) is 24.7. The molecule has 0 spiro atoms. The van der Waals surface area contributed by atoms with Crippen molar-refractivity contribution in [3.63, 3.8) is 0 Å². The molecule has 0 N–H and O–H groups in total. The molecule has 0 radical (unpaired) electrons. The van der Waals surface area contributed by atoms with Crippen molar-refractivity contribution in [1.29, 1.82) is 0 Å². The monoisotopic (exact) mass is 292 g/mol. The van der Waals surface area contributed by atoms with Gasteiger partial charge in [0.05, 0.1) is 12.2 Å². The minimum Gasteiger partial charge on any atom is -0.346 e. The molecule has 0 aromatic carbocycles. The third-order valence-electron chi connectivity index (χ3n) is 3.28. The number of carbonyl (C=O) groups is 1. The molecule has 3 nitrogen and oxygen atoms in total. The lowest BCUT2D eigenvalue weighted by atomic mass is 10.0. The van der Waals surface area contributed by atoms with Crippen molar-refractivity contribution in [3.05, 3.63) is 36.0 Å². The highest BCUT2D eigenvalue weighted by Gasteiger charge is 2.17. The summed E-state index contributed by atoms with van der Waals surface area (Å²) in [5, 5.41) is 0. The SMILES string of the molecule is CCC(/C=C/[C@H]1CC=C[C@H](OC(C)C)O1)=C\[C@H](C)CC=O. The molecular formula is C18H28O3. The molecule has 3 heteroatoms. The van der Waals surface area contributed by atoms with Crippen LogP contribution in [0.5, 0.6) is 0 Å². The van der Waals surface area contributed by atoms with Gasteiger partial charge >= 0.3 is 0 Å². The molecule has 1 rings (SSSR count). The van der Waals surface area contributed by atoms with Crippen LogP contribution >= 0.6 is 0 Å². The first kappa shape index (κ1) is 17.9. The van der Waals surface area contributed by atoms with E-state index in [-0.39, 0.29) is 24.4 Å². The summed E-state index contributed by atoms with van der Waals surface area (Å²) in [5.74, 6) is 0.284. The van der Waals surface area contributed by atoms with E-state index in [4.69, 9.17) is 9.47 Å². The quantitative estimate of drug-likeness (QED) is 0.382. The topological polar surface area (TPSA) is 35.5 Å². The van der Waals surface area contributed by atoms with Gasteiger partial charge in [-0.25, -0.2) is 0 Å². The van der Waals surface area contributed by atoms with Crippen molar-refractivity contribution in [2.75, 3.05) is 0 Å². The second-order valence-corrected chi connectivity index (χ2v) is 5.73. The van der Waals surface area contributed by atoms with Crippen LogP contribution in [0.3, 0.4) is 0 Å². The zero-order valence-electron chi connectivity index (χ0n) is 13.6. The van der Waals surface area contributed by atoms with Gasteiger partial charge in [0.25, 0.3) is 0 Å². The molecule has 1 heterocycles. The summed E-state index contributed by atoms with van der Waals surface area (Å²) in [5.41, 5.74) is 1.24. The van der Waals surface area contributed by atoms with Gasteiger partial charge in [0.2, 0.25) is 0 Å². The number of allylic oxidation sites excluding steroid dienone is 3. The Kier molecular flexibility index (Phi) is 8.24. The molecule has 0 aliphatic carbocycles. The molecule has 3 atom stereocenters. The van der Waals surface area contributed by atoms with Crippen molar-refractivity contribution in [1.82, 2.24) is 0 Å². The molecule has 1 aliphatic heterocycles. The number of hydrogen-bond acceptors (Lipinski definition) is 3. The summed E-state index contributed by atoms with van der Waals surface area (Å²) >= 11 is 0. The number of rotatable bonds is 8. The fraction of sp³-hybridized carbons (Fsp3) is 0.611. The Hall–Kier alpha value is -1.19. The van der Waals surface area contributed by atoms with Crippen LogP contribution in [0.15, 0.2) is 36.0 Å². The Morgan fingerprint density at radius 2 is 2.19 bits per heavy atom. The van der Waals surface area contributed by atoms with E-state index in [1.54, 1.807) is 0 Å². The van der Waals surface area contributed by atoms with Crippen LogP contribution in [0.25, 0.3) is 0 Å². The first-order valence-corrected chi connectivity index (χ1v) is 7.85. The average molecular weight is 292 g/mol. The van der Waals surface area contributed by atoms with E-state index < -0.39 is 0 Å². The average Bonchev–Trinajstić information content (AvgIpc) is 2.43. The molecule has 0 unspecified atom stereocenters. The van der Waals surface area contributed by atoms with Gasteiger partial charge in [0.15, 0.2) is 6.29 Å². The molecule has 0 bridgehead atoms. The summed E-state index contributed by atoms with van der Waals surface area (Å²) in [6.07, 6.45) is 13.7. The van der Waals surface area contributed by atoms with Gasteiger partial charge in [0, 0.05) is 6.42 Å². The van der Waals surface area contributed by atoms with E-state index in [9.17, 15) is 4.79 Å². The third kappa shape index (κ3) is 7.39. The molecule has 0 saturated heterocycles. The molecular weight excluding hydrogens is 264 g/mol. The standard InChI is InChI=1S/C18H28O3/c1-5-16(13-15(4)11-12-19)9-10-17-7-6-8-18(21-17)20-14(2)3/h6,8-10,12-15,17-18H,5,7,11H2,1-4H3/b10-9+,16-13+/t15-,17-,18-/m1/s1. The van der Waals surface area contributed by atoms with E-state index in [0.29, 0.717) is 6.42 Å². The van der Waals surface area contributed by atoms with Crippen LogP contribution in [0, 0.1) is 5.92 Å². The zero-order valence-corrected chi connectivity index (χ0v) is 13.6. The maximum Gasteiger partial charge on any atom is 0.177 e. The smallest absolute Gasteiger partial charge is 0.177 e. The van der Waals surface area contributed by atoms with Crippen LogP contribution in [-0.4, -0.2) is 24.8 Å². The van der Waals surface area contributed by atoms with Gasteiger partial charge in [-0.1, -0.05) is 43.7 Å². The Balaban J connectivity index is 2.58. The van der Waals surface area contributed by atoms with Gasteiger partial charge in [-0.3, -0.25) is 0 Å². The molecule has 118 valence electrons. The van der Waals surface area contributed by atoms with Crippen molar-refractivity contribution in [2.45, 2.75) is 65.5 Å². The molecule has 1 aliphatic rings. The number of aldehydes is 1. The van der Waals surface area contributed by atoms with E-state index >= 15 is 0 Å². The maximum absolute atomic E-state index is 10.5. The minimum absolute atomic E-state index is 0.0510.